The van der Waals surface area contributed by atoms with Crippen molar-refractivity contribution >= 4 is 22.6 Å². The third-order valence-corrected chi connectivity index (χ3v) is 4.88. The summed E-state index contributed by atoms with van der Waals surface area (Å²) in [7, 11) is 0. The Bertz CT molecular complexity index is 697. The molecule has 0 unspecified atom stereocenters. The van der Waals surface area contributed by atoms with Gasteiger partial charge in [-0.15, -0.1) is 0 Å². The van der Waals surface area contributed by atoms with E-state index in [1.54, 1.807) is 13.8 Å². The van der Waals surface area contributed by atoms with Gasteiger partial charge in [0.2, 0.25) is 5.13 Å². The minimum Gasteiger partial charge on any atom is -0.381 e. The molecule has 7 heteroatoms. The summed E-state index contributed by atoms with van der Waals surface area (Å²) in [6, 6.07) is 9.68. The molecule has 3 rings (SSSR count). The monoisotopic (exact) mass is 361 g/mol. The van der Waals surface area contributed by atoms with E-state index in [9.17, 15) is 4.79 Å². The number of hydrogen-bond donors (Lipinski definition) is 1. The summed E-state index contributed by atoms with van der Waals surface area (Å²) in [4.78, 5) is 16.9. The van der Waals surface area contributed by atoms with Gasteiger partial charge in [-0.1, -0.05) is 30.3 Å². The maximum absolute atomic E-state index is 12.5. The summed E-state index contributed by atoms with van der Waals surface area (Å²) in [5, 5.41) is 3.29. The topological polar surface area (TPSA) is 73.3 Å². The molecule has 2 aromatic rings. The molecule has 0 aliphatic carbocycles. The van der Waals surface area contributed by atoms with Gasteiger partial charge in [-0.2, -0.15) is 9.36 Å². The Kier molecular flexibility index (Phi) is 5.78. The van der Waals surface area contributed by atoms with Crippen molar-refractivity contribution in [2.45, 2.75) is 32.3 Å². The quantitative estimate of drug-likeness (QED) is 0.854. The third-order valence-electron chi connectivity index (χ3n) is 4.25. The van der Waals surface area contributed by atoms with Crippen LogP contribution in [0.2, 0.25) is 0 Å². The van der Waals surface area contributed by atoms with Crippen molar-refractivity contribution in [2.75, 3.05) is 25.1 Å². The number of ether oxygens (including phenoxy) is 2. The molecule has 0 atom stereocenters. The van der Waals surface area contributed by atoms with Crippen LogP contribution < -0.4 is 5.32 Å². The number of hydrogen-bond acceptors (Lipinski definition) is 6. The Labute approximate surface area is 151 Å². The molecule has 134 valence electrons. The highest BCUT2D eigenvalue weighted by Gasteiger charge is 2.31. The van der Waals surface area contributed by atoms with Gasteiger partial charge >= 0.3 is 0 Å². The Morgan fingerprint density at radius 3 is 2.76 bits per heavy atom. The van der Waals surface area contributed by atoms with E-state index >= 15 is 0 Å². The fourth-order valence-corrected chi connectivity index (χ4v) is 3.12. The number of carbonyl (C=O) groups is 1. The summed E-state index contributed by atoms with van der Waals surface area (Å²) >= 11 is 1.17. The van der Waals surface area contributed by atoms with E-state index in [4.69, 9.17) is 9.47 Å². The maximum atomic E-state index is 12.5. The predicted octanol–water partition coefficient (Wildman–Crippen LogP) is 3.37. The smallest absolute Gasteiger partial charge is 0.257 e. The van der Waals surface area contributed by atoms with Gasteiger partial charge in [0.15, 0.2) is 5.82 Å². The van der Waals surface area contributed by atoms with Gasteiger partial charge in [0.1, 0.15) is 5.60 Å². The number of aromatic nitrogens is 2. The minimum absolute atomic E-state index is 0.213. The van der Waals surface area contributed by atoms with Crippen molar-refractivity contribution in [3.05, 3.63) is 30.3 Å². The van der Waals surface area contributed by atoms with Crippen molar-refractivity contribution in [3.8, 4) is 11.4 Å². The third kappa shape index (κ3) is 4.84. The molecule has 0 spiro atoms. The number of benzene rings is 1. The molecule has 1 fully saturated rings. The standard InChI is InChI=1S/C18H23N3O3S/c1-18(2,24-12-13-8-10-23-11-9-13)16(22)20-17-19-15(21-25-17)14-6-4-3-5-7-14/h3-7,13H,8-12H2,1-2H3,(H,19,20,21,22). The van der Waals surface area contributed by atoms with Gasteiger partial charge in [-0.25, -0.2) is 0 Å². The first-order valence-corrected chi connectivity index (χ1v) is 9.24. The number of rotatable bonds is 6. The van der Waals surface area contributed by atoms with Crippen molar-refractivity contribution in [3.63, 3.8) is 0 Å². The van der Waals surface area contributed by atoms with Crippen LogP contribution in [0.5, 0.6) is 0 Å². The molecule has 1 N–H and O–H groups in total. The molecule has 25 heavy (non-hydrogen) atoms. The van der Waals surface area contributed by atoms with Crippen molar-refractivity contribution in [1.82, 2.24) is 9.36 Å². The average Bonchev–Trinajstić information content (AvgIpc) is 3.10. The second-order valence-electron chi connectivity index (χ2n) is 6.62. The molecule has 1 aromatic heterocycles. The van der Waals surface area contributed by atoms with Crippen LogP contribution in [-0.2, 0) is 14.3 Å². The van der Waals surface area contributed by atoms with Crippen molar-refractivity contribution in [2.24, 2.45) is 5.92 Å². The van der Waals surface area contributed by atoms with E-state index in [-0.39, 0.29) is 5.91 Å². The van der Waals surface area contributed by atoms with Crippen LogP contribution in [0.4, 0.5) is 5.13 Å². The van der Waals surface area contributed by atoms with Crippen LogP contribution in [0, 0.1) is 5.92 Å². The molecule has 1 aliphatic rings. The van der Waals surface area contributed by atoms with Crippen LogP contribution in [0.3, 0.4) is 0 Å². The van der Waals surface area contributed by atoms with Gasteiger partial charge in [-0.05, 0) is 32.6 Å². The van der Waals surface area contributed by atoms with Crippen LogP contribution in [0.25, 0.3) is 11.4 Å². The van der Waals surface area contributed by atoms with Crippen LogP contribution in [-0.4, -0.2) is 40.7 Å². The van der Waals surface area contributed by atoms with Gasteiger partial charge in [0.05, 0.1) is 6.61 Å². The molecule has 0 radical (unpaired) electrons. The van der Waals surface area contributed by atoms with E-state index in [1.807, 2.05) is 30.3 Å². The van der Waals surface area contributed by atoms with Gasteiger partial charge in [0, 0.05) is 30.3 Å². The van der Waals surface area contributed by atoms with E-state index < -0.39 is 5.60 Å². The second-order valence-corrected chi connectivity index (χ2v) is 7.37. The number of carbonyl (C=O) groups excluding carboxylic acids is 1. The summed E-state index contributed by atoms with van der Waals surface area (Å²) in [6.07, 6.45) is 1.96. The Hall–Kier alpha value is -1.83. The van der Waals surface area contributed by atoms with E-state index in [0.29, 0.717) is 23.5 Å². The highest BCUT2D eigenvalue weighted by Crippen LogP contribution is 2.23. The number of anilines is 1. The number of amides is 1. The Morgan fingerprint density at radius 1 is 1.32 bits per heavy atom. The zero-order chi connectivity index (χ0) is 17.7. The minimum atomic E-state index is -0.920. The molecule has 0 saturated carbocycles. The summed E-state index contributed by atoms with van der Waals surface area (Å²) in [5.41, 5.74) is 0.00550. The Balaban J connectivity index is 1.56. The lowest BCUT2D eigenvalue weighted by Crippen LogP contribution is -2.41. The lowest BCUT2D eigenvalue weighted by molar-refractivity contribution is -0.139. The first-order valence-electron chi connectivity index (χ1n) is 8.47. The van der Waals surface area contributed by atoms with Crippen LogP contribution in [0.15, 0.2) is 30.3 Å². The average molecular weight is 361 g/mol. The first kappa shape index (κ1) is 18.0. The van der Waals surface area contributed by atoms with Gasteiger partial charge in [0.25, 0.3) is 5.91 Å². The predicted molar refractivity (Wildman–Crippen MR) is 97.5 cm³/mol. The maximum Gasteiger partial charge on any atom is 0.257 e. The van der Waals surface area contributed by atoms with Crippen molar-refractivity contribution in [1.29, 1.82) is 0 Å². The lowest BCUT2D eigenvalue weighted by atomic mass is 10.0. The van der Waals surface area contributed by atoms with Gasteiger partial charge < -0.3 is 9.47 Å². The molecule has 1 saturated heterocycles. The second kappa shape index (κ2) is 8.03. The molecule has 1 aromatic carbocycles. The zero-order valence-corrected chi connectivity index (χ0v) is 15.3. The van der Waals surface area contributed by atoms with Crippen molar-refractivity contribution < 1.29 is 14.3 Å². The van der Waals surface area contributed by atoms with E-state index in [0.717, 1.165) is 31.6 Å². The number of nitrogens with zero attached hydrogens (tertiary/aromatic N) is 2. The number of nitrogens with one attached hydrogen (secondary N) is 1. The molecule has 1 aliphatic heterocycles. The molecule has 1 amide bonds. The molecular weight excluding hydrogens is 338 g/mol. The lowest BCUT2D eigenvalue weighted by Gasteiger charge is -2.28. The largest absolute Gasteiger partial charge is 0.381 e. The SMILES string of the molecule is CC(C)(OCC1CCOCC1)C(=O)Nc1nc(-c2ccccc2)ns1. The van der Waals surface area contributed by atoms with E-state index in [1.165, 1.54) is 11.5 Å². The highest BCUT2D eigenvalue weighted by molar-refractivity contribution is 7.10. The van der Waals surface area contributed by atoms with E-state index in [2.05, 4.69) is 14.7 Å². The molecular formula is C18H23N3O3S. The zero-order valence-electron chi connectivity index (χ0n) is 14.5. The van der Waals surface area contributed by atoms with Crippen LogP contribution in [0.1, 0.15) is 26.7 Å². The summed E-state index contributed by atoms with van der Waals surface area (Å²) < 4.78 is 15.5. The molecule has 2 heterocycles. The summed E-state index contributed by atoms with van der Waals surface area (Å²) in [5.74, 6) is 0.851. The molecule has 6 nitrogen and oxygen atoms in total. The fraction of sp³-hybridized carbons (Fsp3) is 0.500. The normalized spacial score (nSPS) is 15.9. The summed E-state index contributed by atoms with van der Waals surface area (Å²) in [6.45, 7) is 5.66. The molecule has 0 bridgehead atoms. The van der Waals surface area contributed by atoms with Crippen LogP contribution >= 0.6 is 11.5 Å². The first-order chi connectivity index (χ1) is 12.0. The highest BCUT2D eigenvalue weighted by atomic mass is 32.1. The Morgan fingerprint density at radius 2 is 2.04 bits per heavy atom. The van der Waals surface area contributed by atoms with Gasteiger partial charge in [-0.3, -0.25) is 10.1 Å². The fourth-order valence-electron chi connectivity index (χ4n) is 2.53.